The number of amides is 2. The van der Waals surface area contributed by atoms with Crippen LogP contribution >= 0.6 is 11.3 Å². The van der Waals surface area contributed by atoms with Crippen LogP contribution in [0.4, 0.5) is 5.00 Å². The number of ether oxygens (including phenoxy) is 1. The van der Waals surface area contributed by atoms with Crippen molar-refractivity contribution in [1.82, 2.24) is 4.98 Å². The largest absolute Gasteiger partial charge is 0.448 e. The number of ketones is 1. The molecule has 0 fully saturated rings. The fourth-order valence-corrected chi connectivity index (χ4v) is 2.60. The number of H-pyrrole nitrogens is 1. The van der Waals surface area contributed by atoms with Crippen molar-refractivity contribution in [2.75, 3.05) is 5.32 Å². The van der Waals surface area contributed by atoms with Gasteiger partial charge in [-0.1, -0.05) is 0 Å². The molecule has 2 amide bonds. The van der Waals surface area contributed by atoms with Gasteiger partial charge in [-0.3, -0.25) is 14.4 Å². The highest BCUT2D eigenvalue weighted by Gasteiger charge is 2.22. The van der Waals surface area contributed by atoms with Gasteiger partial charge >= 0.3 is 5.97 Å². The third-order valence-electron chi connectivity index (χ3n) is 3.13. The summed E-state index contributed by atoms with van der Waals surface area (Å²) in [6.45, 7) is 2.76. The number of anilines is 1. The number of esters is 1. The number of rotatable bonds is 6. The lowest BCUT2D eigenvalue weighted by Gasteiger charge is -2.12. The Hall–Kier alpha value is -2.94. The van der Waals surface area contributed by atoms with Crippen molar-refractivity contribution in [3.05, 3.63) is 40.5 Å². The van der Waals surface area contributed by atoms with Crippen LogP contribution in [0, 0.1) is 0 Å². The van der Waals surface area contributed by atoms with Gasteiger partial charge in [0.25, 0.3) is 11.8 Å². The maximum absolute atomic E-state index is 12.1. The van der Waals surface area contributed by atoms with Crippen LogP contribution in [0.3, 0.4) is 0 Å². The zero-order valence-electron chi connectivity index (χ0n) is 12.9. The summed E-state index contributed by atoms with van der Waals surface area (Å²) in [6.07, 6.45) is 0.276. The average Bonchev–Trinajstić information content (AvgIpc) is 3.15. The smallest absolute Gasteiger partial charge is 0.355 e. The van der Waals surface area contributed by atoms with Crippen molar-refractivity contribution in [2.24, 2.45) is 5.73 Å². The average molecular weight is 349 g/mol. The zero-order valence-corrected chi connectivity index (χ0v) is 13.7. The molecule has 8 nitrogen and oxygen atoms in total. The molecule has 24 heavy (non-hydrogen) atoms. The quantitative estimate of drug-likeness (QED) is 0.538. The molecule has 9 heteroatoms. The van der Waals surface area contributed by atoms with Crippen LogP contribution in [-0.4, -0.2) is 34.7 Å². The Balaban J connectivity index is 2.00. The molecular weight excluding hydrogens is 334 g/mol. The van der Waals surface area contributed by atoms with E-state index in [-0.39, 0.29) is 22.0 Å². The van der Waals surface area contributed by atoms with Crippen molar-refractivity contribution in [1.29, 1.82) is 0 Å². The third kappa shape index (κ3) is 3.87. The minimum atomic E-state index is -1.11. The number of carbonyl (C=O) groups is 4. The summed E-state index contributed by atoms with van der Waals surface area (Å²) < 4.78 is 5.04. The molecule has 0 unspecified atom stereocenters. The van der Waals surface area contributed by atoms with E-state index in [2.05, 4.69) is 10.3 Å². The molecule has 4 N–H and O–H groups in total. The molecule has 0 saturated carbocycles. The second-order valence-corrected chi connectivity index (χ2v) is 5.84. The monoisotopic (exact) mass is 349 g/mol. The molecule has 2 heterocycles. The van der Waals surface area contributed by atoms with Gasteiger partial charge in [0.15, 0.2) is 11.9 Å². The molecule has 126 valence electrons. The topological polar surface area (TPSA) is 131 Å². The van der Waals surface area contributed by atoms with Crippen molar-refractivity contribution in [3.63, 3.8) is 0 Å². The molecule has 0 aliphatic carbocycles. The molecule has 0 radical (unpaired) electrons. The molecule has 2 rings (SSSR count). The number of thiophene rings is 1. The van der Waals surface area contributed by atoms with Gasteiger partial charge in [0.2, 0.25) is 0 Å². The Morgan fingerprint density at radius 2 is 2.04 bits per heavy atom. The van der Waals surface area contributed by atoms with Gasteiger partial charge in [-0.15, -0.1) is 11.3 Å². The Kier molecular flexibility index (Phi) is 5.14. The second-order valence-electron chi connectivity index (χ2n) is 4.92. The minimum absolute atomic E-state index is 0.0637. The number of nitrogens with one attached hydrogen (secondary N) is 2. The molecular formula is C15H15N3O5S. The number of carbonyl (C=O) groups excluding carboxylic acids is 4. The maximum atomic E-state index is 12.1. The first-order valence-corrected chi connectivity index (χ1v) is 7.76. The van der Waals surface area contributed by atoms with Crippen LogP contribution in [0.2, 0.25) is 0 Å². The Labute approximate surface area is 141 Å². The molecule has 1 atom stereocenters. The first-order valence-electron chi connectivity index (χ1n) is 6.88. The normalized spacial score (nSPS) is 11.6. The van der Waals surface area contributed by atoms with Crippen LogP contribution in [-0.2, 0) is 9.53 Å². The van der Waals surface area contributed by atoms with Gasteiger partial charge in [-0.25, -0.2) is 4.79 Å². The van der Waals surface area contributed by atoms with Crippen LogP contribution in [0.5, 0.6) is 0 Å². The molecule has 0 saturated heterocycles. The highest BCUT2D eigenvalue weighted by Crippen LogP contribution is 2.23. The molecule has 0 spiro atoms. The summed E-state index contributed by atoms with van der Waals surface area (Å²) in [7, 11) is 0. The summed E-state index contributed by atoms with van der Waals surface area (Å²) in [5.41, 5.74) is 5.78. The van der Waals surface area contributed by atoms with Crippen molar-refractivity contribution >= 4 is 39.9 Å². The highest BCUT2D eigenvalue weighted by atomic mass is 32.1. The summed E-state index contributed by atoms with van der Waals surface area (Å²) in [4.78, 5) is 49.1. The van der Waals surface area contributed by atoms with Gasteiger partial charge in [-0.2, -0.15) is 0 Å². The summed E-state index contributed by atoms with van der Waals surface area (Å²) >= 11 is 1.13. The van der Waals surface area contributed by atoms with E-state index in [1.165, 1.54) is 32.2 Å². The third-order valence-corrected chi connectivity index (χ3v) is 3.96. The lowest BCUT2D eigenvalue weighted by molar-refractivity contribution is -0.123. The number of hydrogen-bond acceptors (Lipinski definition) is 6. The van der Waals surface area contributed by atoms with E-state index in [1.807, 2.05) is 0 Å². The fourth-order valence-electron chi connectivity index (χ4n) is 1.81. The van der Waals surface area contributed by atoms with E-state index in [4.69, 9.17) is 10.5 Å². The van der Waals surface area contributed by atoms with Crippen LogP contribution in [0.15, 0.2) is 23.7 Å². The Morgan fingerprint density at radius 1 is 1.33 bits per heavy atom. The first kappa shape index (κ1) is 17.4. The standard InChI is InChI=1S/C15H15N3O5S/c1-7(19)9-5-11(17-6-9)15(22)23-8(2)13(21)18-14-10(12(16)20)3-4-24-14/h3-6,8,17H,1-2H3,(H2,16,20)(H,18,21)/t8-/m1/s1. The Morgan fingerprint density at radius 3 is 2.62 bits per heavy atom. The van der Waals surface area contributed by atoms with Crippen molar-refractivity contribution in [2.45, 2.75) is 20.0 Å². The molecule has 0 aliphatic heterocycles. The molecule has 2 aromatic heterocycles. The lowest BCUT2D eigenvalue weighted by atomic mass is 10.2. The first-order chi connectivity index (χ1) is 11.3. The van der Waals surface area contributed by atoms with Crippen molar-refractivity contribution < 1.29 is 23.9 Å². The number of nitrogens with two attached hydrogens (primary N) is 1. The van der Waals surface area contributed by atoms with E-state index in [1.54, 1.807) is 5.38 Å². The van der Waals surface area contributed by atoms with Crippen LogP contribution in [0.25, 0.3) is 0 Å². The van der Waals surface area contributed by atoms with Gasteiger partial charge in [0.1, 0.15) is 10.7 Å². The van der Waals surface area contributed by atoms with E-state index >= 15 is 0 Å². The molecule has 0 bridgehead atoms. The van der Waals surface area contributed by atoms with E-state index in [0.717, 1.165) is 11.3 Å². The van der Waals surface area contributed by atoms with Crippen LogP contribution in [0.1, 0.15) is 45.1 Å². The van der Waals surface area contributed by atoms with E-state index < -0.39 is 23.9 Å². The van der Waals surface area contributed by atoms with Gasteiger partial charge in [0, 0.05) is 11.8 Å². The molecule has 0 aliphatic rings. The number of aromatic amines is 1. The van der Waals surface area contributed by atoms with E-state index in [0.29, 0.717) is 5.56 Å². The summed E-state index contributed by atoms with van der Waals surface area (Å²) in [5.74, 6) is -2.25. The summed E-state index contributed by atoms with van der Waals surface area (Å²) in [5, 5.41) is 4.38. The van der Waals surface area contributed by atoms with Crippen LogP contribution < -0.4 is 11.1 Å². The Bertz CT molecular complexity index is 808. The summed E-state index contributed by atoms with van der Waals surface area (Å²) in [6, 6.07) is 2.83. The predicted molar refractivity (Wildman–Crippen MR) is 87.1 cm³/mol. The predicted octanol–water partition coefficient (Wildman–Crippen LogP) is 1.56. The molecule has 2 aromatic rings. The lowest BCUT2D eigenvalue weighted by Crippen LogP contribution is -2.30. The number of Topliss-reactive ketones (excluding diaryl/α,β-unsaturated/α-hetero) is 1. The minimum Gasteiger partial charge on any atom is -0.448 e. The second kappa shape index (κ2) is 7.09. The SMILES string of the molecule is CC(=O)c1c[nH]c(C(=O)O[C@H](C)C(=O)Nc2sccc2C(N)=O)c1. The number of aromatic nitrogens is 1. The number of hydrogen-bond donors (Lipinski definition) is 3. The van der Waals surface area contributed by atoms with E-state index in [9.17, 15) is 19.2 Å². The highest BCUT2D eigenvalue weighted by molar-refractivity contribution is 7.14. The van der Waals surface area contributed by atoms with Gasteiger partial charge in [0.05, 0.1) is 5.56 Å². The fraction of sp³-hybridized carbons (Fsp3) is 0.200. The van der Waals surface area contributed by atoms with Crippen molar-refractivity contribution in [3.8, 4) is 0 Å². The molecule has 0 aromatic carbocycles. The number of primary amides is 1. The van der Waals surface area contributed by atoms with Gasteiger partial charge < -0.3 is 20.8 Å². The van der Waals surface area contributed by atoms with Gasteiger partial charge in [-0.05, 0) is 31.4 Å². The zero-order chi connectivity index (χ0) is 17.9. The maximum Gasteiger partial charge on any atom is 0.355 e.